The monoisotopic (exact) mass is 385 g/mol. The van der Waals surface area contributed by atoms with Gasteiger partial charge >= 0.3 is 11.9 Å². The van der Waals surface area contributed by atoms with Crippen LogP contribution in [-0.4, -0.2) is 29.0 Å². The number of aliphatic carboxylic acids is 1. The fourth-order valence-electron chi connectivity index (χ4n) is 5.86. The lowest BCUT2D eigenvalue weighted by molar-refractivity contribution is -0.155. The molecule has 1 amide bonds. The Hall–Kier alpha value is -2.37. The number of carboxylic acids is 1. The molecule has 6 heteroatoms. The van der Waals surface area contributed by atoms with Crippen LogP contribution in [0.1, 0.15) is 50.5 Å². The Morgan fingerprint density at radius 1 is 1.04 bits per heavy atom. The van der Waals surface area contributed by atoms with E-state index in [1.165, 1.54) is 19.3 Å². The van der Waals surface area contributed by atoms with Gasteiger partial charge in [0.05, 0.1) is 6.42 Å². The van der Waals surface area contributed by atoms with Crippen molar-refractivity contribution in [2.24, 2.45) is 23.2 Å². The molecule has 4 aliphatic rings. The van der Waals surface area contributed by atoms with E-state index >= 15 is 0 Å². The van der Waals surface area contributed by atoms with Crippen LogP contribution >= 0.6 is 0 Å². The van der Waals surface area contributed by atoms with Crippen molar-refractivity contribution in [2.45, 2.75) is 57.6 Å². The summed E-state index contributed by atoms with van der Waals surface area (Å²) in [7, 11) is 0. The number of ether oxygens (including phenoxy) is 1. The minimum absolute atomic E-state index is 0.0922. The quantitative estimate of drug-likeness (QED) is 0.704. The van der Waals surface area contributed by atoms with Crippen LogP contribution in [0, 0.1) is 23.2 Å². The Morgan fingerprint density at radius 2 is 1.61 bits per heavy atom. The van der Waals surface area contributed by atoms with E-state index in [2.05, 4.69) is 5.32 Å². The van der Waals surface area contributed by atoms with E-state index in [-0.39, 0.29) is 18.9 Å². The van der Waals surface area contributed by atoms with Crippen molar-refractivity contribution in [3.05, 3.63) is 35.9 Å². The molecule has 4 saturated carbocycles. The maximum absolute atomic E-state index is 13.0. The summed E-state index contributed by atoms with van der Waals surface area (Å²) in [5, 5.41) is 12.2. The van der Waals surface area contributed by atoms with Crippen molar-refractivity contribution in [1.82, 2.24) is 5.32 Å². The Labute approximate surface area is 164 Å². The first-order valence-electron chi connectivity index (χ1n) is 10.2. The zero-order valence-electron chi connectivity index (χ0n) is 15.9. The van der Waals surface area contributed by atoms with Gasteiger partial charge in [0.1, 0.15) is 12.6 Å². The Bertz CT molecular complexity index is 724. The van der Waals surface area contributed by atoms with E-state index in [1.54, 1.807) is 0 Å². The van der Waals surface area contributed by atoms with Crippen molar-refractivity contribution in [1.29, 1.82) is 0 Å². The van der Waals surface area contributed by atoms with Gasteiger partial charge in [-0.25, -0.2) is 4.79 Å². The van der Waals surface area contributed by atoms with Gasteiger partial charge in [0.25, 0.3) is 0 Å². The van der Waals surface area contributed by atoms with Gasteiger partial charge in [0.2, 0.25) is 5.91 Å². The summed E-state index contributed by atoms with van der Waals surface area (Å²) in [4.78, 5) is 36.8. The standard InChI is InChI=1S/C22H27NO5/c24-19(28-13-14-4-2-1-3-5-14)9-18(20(25)26)23-21(27)22-10-15-6-16(11-22)8-17(7-15)12-22/h1-5,15-18H,6-13H2,(H,23,27)(H,25,26)/t15?,16?,17?,18-,22?/m1/s1. The lowest BCUT2D eigenvalue weighted by Crippen LogP contribution is -2.56. The van der Waals surface area contributed by atoms with Crippen molar-refractivity contribution >= 4 is 17.8 Å². The number of carbonyl (C=O) groups is 3. The van der Waals surface area contributed by atoms with Crippen LogP contribution in [0.3, 0.4) is 0 Å². The second-order valence-corrected chi connectivity index (χ2v) is 8.91. The number of hydrogen-bond acceptors (Lipinski definition) is 4. The summed E-state index contributed by atoms with van der Waals surface area (Å²) in [5.74, 6) is -0.227. The van der Waals surface area contributed by atoms with Crippen molar-refractivity contribution < 1.29 is 24.2 Å². The molecule has 4 aliphatic carbocycles. The number of esters is 1. The molecule has 4 bridgehead atoms. The summed E-state index contributed by atoms with van der Waals surface area (Å²) in [6.07, 6.45) is 5.84. The SMILES string of the molecule is O=C(C[C@@H](NC(=O)C12CC3CC(CC(C3)C1)C2)C(=O)O)OCc1ccccc1. The molecule has 150 valence electrons. The summed E-state index contributed by atoms with van der Waals surface area (Å²) in [6.45, 7) is 0.0922. The average molecular weight is 385 g/mol. The second-order valence-electron chi connectivity index (χ2n) is 8.91. The highest BCUT2D eigenvalue weighted by molar-refractivity contribution is 5.90. The van der Waals surface area contributed by atoms with Crippen molar-refractivity contribution in [2.75, 3.05) is 0 Å². The molecule has 0 spiro atoms. The molecule has 1 atom stereocenters. The van der Waals surface area contributed by atoms with Crippen molar-refractivity contribution in [3.8, 4) is 0 Å². The third-order valence-electron chi connectivity index (χ3n) is 6.74. The number of benzene rings is 1. The average Bonchev–Trinajstić information content (AvgIpc) is 2.65. The molecule has 0 heterocycles. The van der Waals surface area contributed by atoms with E-state index < -0.39 is 23.4 Å². The fourth-order valence-corrected chi connectivity index (χ4v) is 5.86. The molecule has 0 aromatic heterocycles. The lowest BCUT2D eigenvalue weighted by atomic mass is 9.49. The highest BCUT2D eigenvalue weighted by atomic mass is 16.5. The van der Waals surface area contributed by atoms with Gasteiger partial charge < -0.3 is 15.2 Å². The van der Waals surface area contributed by atoms with Crippen LogP contribution in [0.15, 0.2) is 30.3 Å². The third-order valence-corrected chi connectivity index (χ3v) is 6.74. The number of nitrogens with one attached hydrogen (secondary N) is 1. The number of hydrogen-bond donors (Lipinski definition) is 2. The van der Waals surface area contributed by atoms with Gasteiger partial charge in [-0.3, -0.25) is 9.59 Å². The molecule has 6 nitrogen and oxygen atoms in total. The maximum Gasteiger partial charge on any atom is 0.326 e. The normalized spacial score (nSPS) is 31.2. The first-order valence-corrected chi connectivity index (χ1v) is 10.2. The first kappa shape index (κ1) is 19.0. The van der Waals surface area contributed by atoms with Crippen LogP contribution in [0.5, 0.6) is 0 Å². The highest BCUT2D eigenvalue weighted by Gasteiger charge is 2.55. The molecule has 0 saturated heterocycles. The van der Waals surface area contributed by atoms with Gasteiger partial charge in [-0.05, 0) is 61.8 Å². The summed E-state index contributed by atoms with van der Waals surface area (Å²) in [6, 6.07) is 7.96. The molecular formula is C22H27NO5. The van der Waals surface area contributed by atoms with Crippen LogP contribution in [0.4, 0.5) is 0 Å². The number of amides is 1. The van der Waals surface area contributed by atoms with Crippen LogP contribution in [0.2, 0.25) is 0 Å². The third kappa shape index (κ3) is 3.91. The van der Waals surface area contributed by atoms with Gasteiger partial charge in [-0.15, -0.1) is 0 Å². The summed E-state index contributed by atoms with van der Waals surface area (Å²) >= 11 is 0. The van der Waals surface area contributed by atoms with Gasteiger partial charge in [-0.1, -0.05) is 30.3 Å². The molecule has 1 aromatic rings. The van der Waals surface area contributed by atoms with E-state index in [9.17, 15) is 19.5 Å². The summed E-state index contributed by atoms with van der Waals surface area (Å²) in [5.41, 5.74) is 0.400. The van der Waals surface area contributed by atoms with Gasteiger partial charge in [-0.2, -0.15) is 0 Å². The van der Waals surface area contributed by atoms with Crippen LogP contribution < -0.4 is 5.32 Å². The zero-order valence-corrected chi connectivity index (χ0v) is 15.9. The van der Waals surface area contributed by atoms with Crippen LogP contribution in [-0.2, 0) is 25.7 Å². The maximum atomic E-state index is 13.0. The lowest BCUT2D eigenvalue weighted by Gasteiger charge is -2.55. The fraction of sp³-hybridized carbons (Fsp3) is 0.591. The second kappa shape index (κ2) is 7.57. The minimum Gasteiger partial charge on any atom is -0.480 e. The zero-order chi connectivity index (χ0) is 19.7. The molecule has 2 N–H and O–H groups in total. The molecule has 5 rings (SSSR count). The van der Waals surface area contributed by atoms with E-state index in [0.717, 1.165) is 24.8 Å². The molecule has 28 heavy (non-hydrogen) atoms. The number of rotatable bonds is 7. The number of carbonyl (C=O) groups excluding carboxylic acids is 2. The molecule has 1 aromatic carbocycles. The van der Waals surface area contributed by atoms with Gasteiger partial charge in [0, 0.05) is 5.41 Å². The Kier molecular flexibility index (Phi) is 5.13. The van der Waals surface area contributed by atoms with E-state index in [1.807, 2.05) is 30.3 Å². The molecule has 4 fully saturated rings. The molecule has 0 aliphatic heterocycles. The predicted octanol–water partition coefficient (Wildman–Crippen LogP) is 2.91. The smallest absolute Gasteiger partial charge is 0.326 e. The highest BCUT2D eigenvalue weighted by Crippen LogP contribution is 2.60. The largest absolute Gasteiger partial charge is 0.480 e. The Morgan fingerprint density at radius 3 is 2.14 bits per heavy atom. The predicted molar refractivity (Wildman–Crippen MR) is 101 cm³/mol. The Balaban J connectivity index is 1.35. The number of carboxylic acid groups (broad SMARTS) is 1. The molecular weight excluding hydrogens is 358 g/mol. The first-order chi connectivity index (χ1) is 13.4. The minimum atomic E-state index is -1.25. The molecule has 0 unspecified atom stereocenters. The summed E-state index contributed by atoms with van der Waals surface area (Å²) < 4.78 is 5.19. The van der Waals surface area contributed by atoms with E-state index in [4.69, 9.17) is 4.74 Å². The van der Waals surface area contributed by atoms with Gasteiger partial charge in [0.15, 0.2) is 0 Å². The van der Waals surface area contributed by atoms with Crippen LogP contribution in [0.25, 0.3) is 0 Å². The van der Waals surface area contributed by atoms with E-state index in [0.29, 0.717) is 17.8 Å². The topological polar surface area (TPSA) is 92.7 Å². The van der Waals surface area contributed by atoms with Crippen molar-refractivity contribution in [3.63, 3.8) is 0 Å². The molecule has 0 radical (unpaired) electrons.